The van der Waals surface area contributed by atoms with Crippen molar-refractivity contribution in [1.82, 2.24) is 14.3 Å². The van der Waals surface area contributed by atoms with Crippen molar-refractivity contribution >= 4 is 43.8 Å². The molecule has 13 nitrogen and oxygen atoms in total. The first kappa shape index (κ1) is 33.7. The molecule has 0 fully saturated rings. The van der Waals surface area contributed by atoms with Crippen LogP contribution in [0.15, 0.2) is 88.7 Å². The maximum atomic E-state index is 12.6. The topological polar surface area (TPSA) is 182 Å². The SMILES string of the molecule is Cl.O=[N+]([O-])c1ccccc1S(=O)(=O)NCCCN(CCCNS(=O)(=O)c1ccccc1[N+](=O)[O-])Cc1ccccc1. The van der Waals surface area contributed by atoms with Crippen LogP contribution in [0.2, 0.25) is 0 Å². The van der Waals surface area contributed by atoms with E-state index in [9.17, 15) is 37.1 Å². The van der Waals surface area contributed by atoms with Gasteiger partial charge in [0.15, 0.2) is 9.79 Å². The van der Waals surface area contributed by atoms with Gasteiger partial charge in [0.05, 0.1) is 9.85 Å². The van der Waals surface area contributed by atoms with Crippen LogP contribution in [-0.4, -0.2) is 57.8 Å². The minimum Gasteiger partial charge on any atom is -0.299 e. The zero-order valence-electron chi connectivity index (χ0n) is 21.8. The van der Waals surface area contributed by atoms with Gasteiger partial charge in [0.1, 0.15) is 0 Å². The van der Waals surface area contributed by atoms with Gasteiger partial charge in [-0.1, -0.05) is 54.6 Å². The lowest BCUT2D eigenvalue weighted by Gasteiger charge is -2.22. The van der Waals surface area contributed by atoms with E-state index in [0.29, 0.717) is 32.5 Å². The summed E-state index contributed by atoms with van der Waals surface area (Å²) in [5, 5.41) is 22.4. The molecule has 3 aromatic rings. The average Bonchev–Trinajstić information content (AvgIpc) is 2.93. The highest BCUT2D eigenvalue weighted by Gasteiger charge is 2.25. The molecule has 3 aromatic carbocycles. The second kappa shape index (κ2) is 15.5. The van der Waals surface area contributed by atoms with E-state index in [2.05, 4.69) is 9.44 Å². The molecule has 0 radical (unpaired) electrons. The molecule has 0 aliphatic carbocycles. The monoisotopic (exact) mass is 627 g/mol. The minimum absolute atomic E-state index is 0. The van der Waals surface area contributed by atoms with E-state index >= 15 is 0 Å². The summed E-state index contributed by atoms with van der Waals surface area (Å²) >= 11 is 0. The minimum atomic E-state index is -4.10. The Morgan fingerprint density at radius 3 is 1.44 bits per heavy atom. The van der Waals surface area contributed by atoms with Gasteiger partial charge < -0.3 is 0 Å². The van der Waals surface area contributed by atoms with Crippen LogP contribution in [0.25, 0.3) is 0 Å². The summed E-state index contributed by atoms with van der Waals surface area (Å²) in [6.45, 7) is 1.49. The van der Waals surface area contributed by atoms with Gasteiger partial charge in [-0.05, 0) is 43.6 Å². The zero-order valence-corrected chi connectivity index (χ0v) is 24.2. The van der Waals surface area contributed by atoms with Crippen LogP contribution in [0, 0.1) is 20.2 Å². The lowest BCUT2D eigenvalue weighted by molar-refractivity contribution is -0.388. The lowest BCUT2D eigenvalue weighted by Crippen LogP contribution is -2.33. The van der Waals surface area contributed by atoms with Gasteiger partial charge >= 0.3 is 0 Å². The molecule has 41 heavy (non-hydrogen) atoms. The highest BCUT2D eigenvalue weighted by molar-refractivity contribution is 7.90. The summed E-state index contributed by atoms with van der Waals surface area (Å²) in [5.74, 6) is 0. The third kappa shape index (κ3) is 9.84. The predicted molar refractivity (Wildman–Crippen MR) is 155 cm³/mol. The number of halogens is 1. The van der Waals surface area contributed by atoms with Crippen LogP contribution < -0.4 is 9.44 Å². The van der Waals surface area contributed by atoms with Crippen molar-refractivity contribution in [2.24, 2.45) is 0 Å². The van der Waals surface area contributed by atoms with E-state index in [1.807, 2.05) is 35.2 Å². The molecule has 0 unspecified atom stereocenters. The second-order valence-corrected chi connectivity index (χ2v) is 12.2. The fourth-order valence-electron chi connectivity index (χ4n) is 3.96. The van der Waals surface area contributed by atoms with E-state index in [4.69, 9.17) is 0 Å². The van der Waals surface area contributed by atoms with Crippen LogP contribution in [0.4, 0.5) is 11.4 Å². The number of para-hydroxylation sites is 2. The Balaban J connectivity index is 0.00000588. The standard InChI is InChI=1S/C25H29N5O8S2.ClH/c31-29(32)22-12-4-6-14-24(22)39(35,36)26-16-8-18-28(20-21-10-2-1-3-11-21)19-9-17-27-40(37,38)25-15-7-5-13-23(25)30(33)34;/h1-7,10-15,26-27H,8-9,16-20H2;1H. The number of hydrogen-bond acceptors (Lipinski definition) is 9. The molecule has 0 saturated heterocycles. The molecular formula is C25H30ClN5O8S2. The highest BCUT2D eigenvalue weighted by atomic mass is 35.5. The summed E-state index contributed by atoms with van der Waals surface area (Å²) in [6.07, 6.45) is 0.767. The number of rotatable bonds is 16. The largest absolute Gasteiger partial charge is 0.299 e. The number of nitrogens with one attached hydrogen (secondary N) is 2. The van der Waals surface area contributed by atoms with Crippen molar-refractivity contribution in [2.75, 3.05) is 26.2 Å². The smallest absolute Gasteiger partial charge is 0.289 e. The quantitative estimate of drug-likeness (QED) is 0.136. The van der Waals surface area contributed by atoms with Crippen molar-refractivity contribution in [3.8, 4) is 0 Å². The molecule has 0 amide bonds. The molecule has 0 aromatic heterocycles. The second-order valence-electron chi connectivity index (χ2n) is 8.71. The molecule has 3 rings (SSSR count). The summed E-state index contributed by atoms with van der Waals surface area (Å²) in [7, 11) is -8.20. The first-order chi connectivity index (χ1) is 19.0. The molecule has 0 bridgehead atoms. The number of nitro groups is 2. The highest BCUT2D eigenvalue weighted by Crippen LogP contribution is 2.23. The molecule has 0 spiro atoms. The van der Waals surface area contributed by atoms with Gasteiger partial charge in [0, 0.05) is 31.8 Å². The fraction of sp³-hybridized carbons (Fsp3) is 0.280. The number of sulfonamides is 2. The van der Waals surface area contributed by atoms with Gasteiger partial charge in [-0.15, -0.1) is 12.4 Å². The maximum absolute atomic E-state index is 12.6. The Hall–Kier alpha value is -3.47. The van der Waals surface area contributed by atoms with Crippen molar-refractivity contribution in [3.63, 3.8) is 0 Å². The predicted octanol–water partition coefficient (Wildman–Crippen LogP) is 3.46. The Labute approximate surface area is 244 Å². The third-order valence-corrected chi connectivity index (χ3v) is 8.86. The summed E-state index contributed by atoms with van der Waals surface area (Å²) in [6, 6.07) is 19.7. The van der Waals surface area contributed by atoms with Crippen LogP contribution >= 0.6 is 12.4 Å². The van der Waals surface area contributed by atoms with Gasteiger partial charge in [-0.2, -0.15) is 0 Å². The molecule has 0 aliphatic rings. The molecule has 222 valence electrons. The van der Waals surface area contributed by atoms with Crippen molar-refractivity contribution in [3.05, 3.63) is 105 Å². The molecule has 0 aliphatic heterocycles. The average molecular weight is 628 g/mol. The van der Waals surface area contributed by atoms with Crippen LogP contribution in [0.5, 0.6) is 0 Å². The number of hydrogen-bond donors (Lipinski definition) is 2. The van der Waals surface area contributed by atoms with Gasteiger partial charge in [0.25, 0.3) is 11.4 Å². The van der Waals surface area contributed by atoms with Crippen LogP contribution in [-0.2, 0) is 26.6 Å². The van der Waals surface area contributed by atoms with Crippen molar-refractivity contribution < 1.29 is 26.7 Å². The van der Waals surface area contributed by atoms with Crippen LogP contribution in [0.1, 0.15) is 18.4 Å². The Morgan fingerprint density at radius 1 is 0.634 bits per heavy atom. The normalized spacial score (nSPS) is 11.6. The van der Waals surface area contributed by atoms with Gasteiger partial charge in [0.2, 0.25) is 20.0 Å². The summed E-state index contributed by atoms with van der Waals surface area (Å²) in [5.41, 5.74) is -0.0172. The molecular weight excluding hydrogens is 598 g/mol. The van der Waals surface area contributed by atoms with E-state index in [-0.39, 0.29) is 25.5 Å². The van der Waals surface area contributed by atoms with Gasteiger partial charge in [-0.25, -0.2) is 26.3 Å². The maximum Gasteiger partial charge on any atom is 0.289 e. The zero-order chi connectivity index (χ0) is 29.2. The van der Waals surface area contributed by atoms with E-state index in [1.165, 1.54) is 36.4 Å². The van der Waals surface area contributed by atoms with Crippen molar-refractivity contribution in [1.29, 1.82) is 0 Å². The van der Waals surface area contributed by atoms with Crippen molar-refractivity contribution in [2.45, 2.75) is 29.2 Å². The Morgan fingerprint density at radius 2 is 1.02 bits per heavy atom. The van der Waals surface area contributed by atoms with Gasteiger partial charge in [-0.3, -0.25) is 25.1 Å². The third-order valence-electron chi connectivity index (χ3n) is 5.84. The Kier molecular flexibility index (Phi) is 12.8. The number of nitro benzene ring substituents is 2. The molecule has 0 heterocycles. The molecule has 16 heteroatoms. The molecule has 2 N–H and O–H groups in total. The molecule has 0 saturated carbocycles. The lowest BCUT2D eigenvalue weighted by atomic mass is 10.2. The fourth-order valence-corrected chi connectivity index (χ4v) is 6.44. The van der Waals surface area contributed by atoms with Crippen LogP contribution in [0.3, 0.4) is 0 Å². The van der Waals surface area contributed by atoms with E-state index in [0.717, 1.165) is 17.7 Å². The Bertz CT molecular complexity index is 1440. The summed E-state index contributed by atoms with van der Waals surface area (Å²) in [4.78, 5) is 22.1. The molecule has 0 atom stereocenters. The summed E-state index contributed by atoms with van der Waals surface area (Å²) < 4.78 is 55.4. The van der Waals surface area contributed by atoms with E-state index in [1.54, 1.807) is 0 Å². The van der Waals surface area contributed by atoms with E-state index < -0.39 is 51.1 Å². The first-order valence-electron chi connectivity index (χ1n) is 12.2. The number of nitrogens with zero attached hydrogens (tertiary/aromatic N) is 3. The first-order valence-corrected chi connectivity index (χ1v) is 15.2. The number of benzene rings is 3.